The zero-order valence-electron chi connectivity index (χ0n) is 18.7. The highest BCUT2D eigenvalue weighted by Crippen LogP contribution is 2.37. The molecule has 5 aromatic rings. The first-order valence-corrected chi connectivity index (χ1v) is 12.3. The Hall–Kier alpha value is -3.19. The second-order valence-electron chi connectivity index (χ2n) is 8.83. The first-order valence-electron chi connectivity index (χ1n) is 11.4. The number of piperazine rings is 1. The molecule has 1 fully saturated rings. The van der Waals surface area contributed by atoms with Crippen molar-refractivity contribution in [3.63, 3.8) is 0 Å². The summed E-state index contributed by atoms with van der Waals surface area (Å²) < 4.78 is 0. The van der Waals surface area contributed by atoms with Gasteiger partial charge in [-0.05, 0) is 48.5 Å². The number of likely N-dealkylation sites (N-methyl/N-ethyl adjacent to an activating group) is 1. The Morgan fingerprint density at radius 1 is 0.939 bits per heavy atom. The monoisotopic (exact) mass is 453 g/mol. The van der Waals surface area contributed by atoms with E-state index in [1.165, 1.54) is 21.4 Å². The molecule has 0 atom stereocenters. The van der Waals surface area contributed by atoms with E-state index in [2.05, 4.69) is 92.8 Å². The molecular weight excluding hydrogens is 426 g/mol. The van der Waals surface area contributed by atoms with Crippen LogP contribution in [0.2, 0.25) is 0 Å². The van der Waals surface area contributed by atoms with Crippen molar-refractivity contribution in [2.45, 2.75) is 6.54 Å². The van der Waals surface area contributed by atoms with E-state index in [1.807, 2.05) is 12.4 Å². The van der Waals surface area contributed by atoms with Crippen LogP contribution in [-0.2, 0) is 6.54 Å². The summed E-state index contributed by atoms with van der Waals surface area (Å²) in [5.41, 5.74) is 5.95. The fourth-order valence-corrected chi connectivity index (χ4v) is 5.60. The van der Waals surface area contributed by atoms with Gasteiger partial charge in [0.25, 0.3) is 0 Å². The highest BCUT2D eigenvalue weighted by molar-refractivity contribution is 7.21. The van der Waals surface area contributed by atoms with Crippen molar-refractivity contribution in [2.24, 2.45) is 0 Å². The Bertz CT molecular complexity index is 1390. The maximum absolute atomic E-state index is 4.64. The first-order chi connectivity index (χ1) is 16.2. The van der Waals surface area contributed by atoms with Crippen LogP contribution in [0.25, 0.3) is 31.6 Å². The van der Waals surface area contributed by atoms with Crippen LogP contribution >= 0.6 is 11.3 Å². The molecule has 1 saturated heterocycles. The summed E-state index contributed by atoms with van der Waals surface area (Å²) in [6.07, 6.45) is 3.87. The first kappa shape index (κ1) is 20.4. The molecule has 6 rings (SSSR count). The predicted molar refractivity (Wildman–Crippen MR) is 139 cm³/mol. The fraction of sp³-hybridized carbons (Fsp3) is 0.222. The number of hydrogen-bond acceptors (Lipinski definition) is 5. The highest BCUT2D eigenvalue weighted by Gasteiger charge is 2.14. The molecule has 5 nitrogen and oxygen atoms in total. The topological polar surface area (TPSA) is 47.2 Å². The quantitative estimate of drug-likeness (QED) is 0.346. The Morgan fingerprint density at radius 3 is 2.61 bits per heavy atom. The van der Waals surface area contributed by atoms with Crippen molar-refractivity contribution >= 4 is 43.8 Å². The van der Waals surface area contributed by atoms with E-state index in [1.54, 1.807) is 11.3 Å². The second kappa shape index (κ2) is 8.63. The number of thiophene rings is 1. The Kier molecular flexibility index (Phi) is 5.34. The smallest absolute Gasteiger partial charge is 0.125 e. The third-order valence-corrected chi connectivity index (χ3v) is 7.63. The number of benzene rings is 2. The molecule has 0 unspecified atom stereocenters. The lowest BCUT2D eigenvalue weighted by atomic mass is 10.1. The lowest BCUT2D eigenvalue weighted by molar-refractivity contribution is 0.148. The Morgan fingerprint density at radius 2 is 1.76 bits per heavy atom. The van der Waals surface area contributed by atoms with Crippen LogP contribution in [0, 0.1) is 0 Å². The zero-order chi connectivity index (χ0) is 22.2. The van der Waals surface area contributed by atoms with Crippen molar-refractivity contribution in [3.8, 4) is 10.4 Å². The van der Waals surface area contributed by atoms with Gasteiger partial charge in [-0.25, -0.2) is 4.98 Å². The van der Waals surface area contributed by atoms with Crippen LogP contribution in [0.15, 0.2) is 73.1 Å². The minimum absolute atomic E-state index is 1.03. The molecule has 2 aromatic carbocycles. The minimum atomic E-state index is 1.03. The Balaban J connectivity index is 1.25. The van der Waals surface area contributed by atoms with Gasteiger partial charge < -0.3 is 15.2 Å². The number of aromatic nitrogens is 2. The number of nitrogens with one attached hydrogen (secondary N) is 2. The van der Waals surface area contributed by atoms with Gasteiger partial charge in [0, 0.05) is 72.0 Å². The standard InChI is InChI=1S/C27H27N5S/c1-31-13-15-32(16-14-31)18-19-5-7-20(8-6-19)26-17-22-25(10-12-29-27(22)33-26)30-24-4-2-3-23-21(24)9-11-28-23/h2-12,17,28H,13-16,18H2,1H3,(H,29,30). The van der Waals surface area contributed by atoms with E-state index in [9.17, 15) is 0 Å². The van der Waals surface area contributed by atoms with E-state index in [0.29, 0.717) is 0 Å². The maximum atomic E-state index is 4.64. The van der Waals surface area contributed by atoms with Crippen molar-refractivity contribution in [1.29, 1.82) is 0 Å². The van der Waals surface area contributed by atoms with E-state index >= 15 is 0 Å². The number of aromatic amines is 1. The number of fused-ring (bicyclic) bond motifs is 2. The maximum Gasteiger partial charge on any atom is 0.125 e. The van der Waals surface area contributed by atoms with E-state index in [0.717, 1.165) is 59.8 Å². The van der Waals surface area contributed by atoms with Crippen LogP contribution in [0.4, 0.5) is 11.4 Å². The molecule has 6 heteroatoms. The molecule has 0 aliphatic carbocycles. The highest BCUT2D eigenvalue weighted by atomic mass is 32.1. The van der Waals surface area contributed by atoms with Crippen LogP contribution in [-0.4, -0.2) is 53.0 Å². The van der Waals surface area contributed by atoms with Crippen molar-refractivity contribution in [2.75, 3.05) is 38.5 Å². The molecule has 0 radical (unpaired) electrons. The third-order valence-electron chi connectivity index (χ3n) is 6.54. The van der Waals surface area contributed by atoms with E-state index < -0.39 is 0 Å². The summed E-state index contributed by atoms with van der Waals surface area (Å²) in [6.45, 7) is 5.63. The van der Waals surface area contributed by atoms with Crippen LogP contribution in [0.5, 0.6) is 0 Å². The normalized spacial score (nSPS) is 15.4. The largest absolute Gasteiger partial charge is 0.361 e. The summed E-state index contributed by atoms with van der Waals surface area (Å²) in [6, 6.07) is 21.8. The van der Waals surface area contributed by atoms with Gasteiger partial charge in [0.15, 0.2) is 0 Å². The molecule has 0 amide bonds. The van der Waals surface area contributed by atoms with E-state index in [4.69, 9.17) is 0 Å². The number of hydrogen-bond donors (Lipinski definition) is 2. The molecule has 4 heterocycles. The summed E-state index contributed by atoms with van der Waals surface area (Å²) >= 11 is 1.75. The van der Waals surface area contributed by atoms with Gasteiger partial charge in [0.05, 0.1) is 5.69 Å². The van der Waals surface area contributed by atoms with Gasteiger partial charge in [0.2, 0.25) is 0 Å². The molecule has 33 heavy (non-hydrogen) atoms. The molecule has 0 spiro atoms. The summed E-state index contributed by atoms with van der Waals surface area (Å²) in [5.74, 6) is 0. The molecule has 1 aliphatic heterocycles. The SMILES string of the molecule is CN1CCN(Cc2ccc(-c3cc4c(Nc5cccc6[nH]ccc56)ccnc4s3)cc2)CC1. The summed E-state index contributed by atoms with van der Waals surface area (Å²) in [5, 5.41) is 5.98. The van der Waals surface area contributed by atoms with Gasteiger partial charge in [-0.1, -0.05) is 30.3 Å². The lowest BCUT2D eigenvalue weighted by Crippen LogP contribution is -2.43. The molecule has 0 bridgehead atoms. The fourth-order valence-electron chi connectivity index (χ4n) is 4.57. The van der Waals surface area contributed by atoms with E-state index in [-0.39, 0.29) is 0 Å². The Labute approximate surface area is 197 Å². The van der Waals surface area contributed by atoms with Gasteiger partial charge in [-0.2, -0.15) is 0 Å². The van der Waals surface area contributed by atoms with Gasteiger partial charge in [0.1, 0.15) is 4.83 Å². The third kappa shape index (κ3) is 4.13. The van der Waals surface area contributed by atoms with Crippen LogP contribution < -0.4 is 5.32 Å². The number of pyridine rings is 1. The second-order valence-corrected chi connectivity index (χ2v) is 9.86. The number of H-pyrrole nitrogens is 1. The summed E-state index contributed by atoms with van der Waals surface area (Å²) in [4.78, 5) is 15.2. The number of rotatable bonds is 5. The number of anilines is 2. The molecule has 0 saturated carbocycles. The number of nitrogens with zero attached hydrogens (tertiary/aromatic N) is 3. The summed E-state index contributed by atoms with van der Waals surface area (Å²) in [7, 11) is 2.20. The van der Waals surface area contributed by atoms with Crippen molar-refractivity contribution in [3.05, 3.63) is 78.6 Å². The van der Waals surface area contributed by atoms with Gasteiger partial charge >= 0.3 is 0 Å². The molecular formula is C27H27N5S. The average molecular weight is 454 g/mol. The zero-order valence-corrected chi connectivity index (χ0v) is 19.5. The van der Waals surface area contributed by atoms with Crippen LogP contribution in [0.3, 0.4) is 0 Å². The van der Waals surface area contributed by atoms with Gasteiger partial charge in [-0.15, -0.1) is 11.3 Å². The molecule has 166 valence electrons. The molecule has 2 N–H and O–H groups in total. The molecule has 3 aromatic heterocycles. The average Bonchev–Trinajstić information content (AvgIpc) is 3.49. The van der Waals surface area contributed by atoms with Crippen molar-refractivity contribution in [1.82, 2.24) is 19.8 Å². The van der Waals surface area contributed by atoms with Gasteiger partial charge in [-0.3, -0.25) is 4.90 Å². The lowest BCUT2D eigenvalue weighted by Gasteiger charge is -2.32. The predicted octanol–water partition coefficient (Wildman–Crippen LogP) is 5.94. The van der Waals surface area contributed by atoms with Crippen molar-refractivity contribution < 1.29 is 0 Å². The minimum Gasteiger partial charge on any atom is -0.361 e. The molecule has 1 aliphatic rings. The van der Waals surface area contributed by atoms with Crippen LogP contribution in [0.1, 0.15) is 5.56 Å².